The van der Waals surface area contributed by atoms with E-state index in [1.807, 2.05) is 38.2 Å². The van der Waals surface area contributed by atoms with E-state index in [9.17, 15) is 0 Å². The van der Waals surface area contributed by atoms with Gasteiger partial charge in [0.2, 0.25) is 0 Å². The van der Waals surface area contributed by atoms with Crippen molar-refractivity contribution in [2.45, 2.75) is 31.8 Å². The Bertz CT molecular complexity index is 564. The van der Waals surface area contributed by atoms with E-state index in [4.69, 9.17) is 22.3 Å². The monoisotopic (exact) mass is 303 g/mol. The van der Waals surface area contributed by atoms with Crippen LogP contribution < -0.4 is 11.1 Å². The summed E-state index contributed by atoms with van der Waals surface area (Å²) >= 11 is 5.97. The Hall–Kier alpha value is -1.58. The lowest BCUT2D eigenvalue weighted by molar-refractivity contribution is 0.690. The number of hydrogen-bond donors (Lipinski definition) is 2. The molecule has 112 valence electrons. The van der Waals surface area contributed by atoms with E-state index in [1.54, 1.807) is 6.08 Å². The summed E-state index contributed by atoms with van der Waals surface area (Å²) in [5, 5.41) is 4.04. The van der Waals surface area contributed by atoms with Crippen molar-refractivity contribution in [1.82, 2.24) is 5.32 Å². The molecule has 0 amide bonds. The van der Waals surface area contributed by atoms with Crippen molar-refractivity contribution in [2.24, 2.45) is 10.7 Å². The second-order valence-electron chi connectivity index (χ2n) is 5.32. The minimum absolute atomic E-state index is 0.0252. The number of nitrogens with one attached hydrogen (secondary N) is 1. The molecule has 1 aliphatic carbocycles. The van der Waals surface area contributed by atoms with E-state index in [-0.39, 0.29) is 6.04 Å². The van der Waals surface area contributed by atoms with Gasteiger partial charge in [-0.1, -0.05) is 30.3 Å². The molecule has 21 heavy (non-hydrogen) atoms. The van der Waals surface area contributed by atoms with Gasteiger partial charge in [0.15, 0.2) is 0 Å². The number of halogens is 1. The molecule has 0 spiro atoms. The number of aliphatic imine (C=N–C) groups is 1. The molecule has 1 unspecified atom stereocenters. The molecule has 1 saturated carbocycles. The summed E-state index contributed by atoms with van der Waals surface area (Å²) < 4.78 is 0. The fourth-order valence-corrected chi connectivity index (χ4v) is 2.47. The molecule has 3 N–H and O–H groups in total. The standard InChI is InChI=1S/C17H22ClN3/c1-4-15(21-14-9-10-14)16(11(2)19)17(20-3)12-5-7-13(18)8-6-12/h4-8,14,17,20H,1,9-10,19H2,2-3H3. The molecule has 1 aromatic carbocycles. The summed E-state index contributed by atoms with van der Waals surface area (Å²) in [6.07, 6.45) is 4.10. The minimum atomic E-state index is -0.0252. The Balaban J connectivity index is 2.41. The summed E-state index contributed by atoms with van der Waals surface area (Å²) in [6, 6.07) is 8.18. The van der Waals surface area contributed by atoms with Gasteiger partial charge in [-0.15, -0.1) is 0 Å². The molecule has 4 heteroatoms. The molecule has 1 aromatic rings. The van der Waals surface area contributed by atoms with Crippen LogP contribution in [-0.2, 0) is 0 Å². The molecule has 1 aliphatic rings. The molecule has 3 nitrogen and oxygen atoms in total. The molecule has 1 fully saturated rings. The van der Waals surface area contributed by atoms with Crippen LogP contribution in [0.5, 0.6) is 0 Å². The van der Waals surface area contributed by atoms with Crippen LogP contribution in [0, 0.1) is 0 Å². The summed E-state index contributed by atoms with van der Waals surface area (Å²) in [5.41, 5.74) is 9.86. The lowest BCUT2D eigenvalue weighted by Gasteiger charge is -2.22. The maximum Gasteiger partial charge on any atom is 0.0640 e. The third-order valence-corrected chi connectivity index (χ3v) is 3.80. The van der Waals surface area contributed by atoms with Gasteiger partial charge in [0.25, 0.3) is 0 Å². The van der Waals surface area contributed by atoms with Crippen LogP contribution in [0.1, 0.15) is 31.4 Å². The van der Waals surface area contributed by atoms with Crippen LogP contribution in [0.4, 0.5) is 0 Å². The first-order valence-corrected chi connectivity index (χ1v) is 7.54. The van der Waals surface area contributed by atoms with Crippen molar-refractivity contribution in [3.05, 3.63) is 58.8 Å². The van der Waals surface area contributed by atoms with E-state index in [2.05, 4.69) is 11.9 Å². The minimum Gasteiger partial charge on any atom is -0.402 e. The van der Waals surface area contributed by atoms with Crippen LogP contribution in [0.15, 0.2) is 53.2 Å². The number of allylic oxidation sites excluding steroid dienone is 2. The van der Waals surface area contributed by atoms with E-state index in [0.717, 1.165) is 40.4 Å². The van der Waals surface area contributed by atoms with Gasteiger partial charge in [-0.2, -0.15) is 0 Å². The van der Waals surface area contributed by atoms with Gasteiger partial charge in [0.05, 0.1) is 17.8 Å². The lowest BCUT2D eigenvalue weighted by Crippen LogP contribution is -2.25. The van der Waals surface area contributed by atoms with Crippen molar-refractivity contribution in [1.29, 1.82) is 0 Å². The zero-order valence-corrected chi connectivity index (χ0v) is 13.3. The predicted molar refractivity (Wildman–Crippen MR) is 90.8 cm³/mol. The maximum absolute atomic E-state index is 6.14. The van der Waals surface area contributed by atoms with E-state index in [0.29, 0.717) is 6.04 Å². The summed E-state index contributed by atoms with van der Waals surface area (Å²) in [7, 11) is 1.92. The quantitative estimate of drug-likeness (QED) is 0.789. The summed E-state index contributed by atoms with van der Waals surface area (Å²) in [4.78, 5) is 4.73. The topological polar surface area (TPSA) is 50.4 Å². The van der Waals surface area contributed by atoms with Crippen LogP contribution in [0.25, 0.3) is 0 Å². The third-order valence-electron chi connectivity index (χ3n) is 3.54. The average molecular weight is 304 g/mol. The summed E-state index contributed by atoms with van der Waals surface area (Å²) in [5.74, 6) is 0. The molecule has 0 radical (unpaired) electrons. The third kappa shape index (κ3) is 3.96. The predicted octanol–water partition coefficient (Wildman–Crippen LogP) is 3.62. The van der Waals surface area contributed by atoms with Crippen LogP contribution in [0.3, 0.4) is 0 Å². The number of hydrogen-bond acceptors (Lipinski definition) is 3. The number of likely N-dealkylation sites (N-methyl/N-ethyl adjacent to an activating group) is 1. The lowest BCUT2D eigenvalue weighted by atomic mass is 9.93. The molecule has 0 aliphatic heterocycles. The van der Waals surface area contributed by atoms with Gasteiger partial charge in [-0.3, -0.25) is 4.99 Å². The van der Waals surface area contributed by atoms with Crippen molar-refractivity contribution in [2.75, 3.05) is 7.05 Å². The second-order valence-corrected chi connectivity index (χ2v) is 5.76. The van der Waals surface area contributed by atoms with Crippen LogP contribution >= 0.6 is 11.6 Å². The fourth-order valence-electron chi connectivity index (χ4n) is 2.34. The number of rotatable bonds is 6. The Morgan fingerprint density at radius 2 is 2.05 bits per heavy atom. The molecule has 1 atom stereocenters. The van der Waals surface area contributed by atoms with Crippen molar-refractivity contribution < 1.29 is 0 Å². The normalized spacial score (nSPS) is 18.1. The van der Waals surface area contributed by atoms with Gasteiger partial charge in [0.1, 0.15) is 0 Å². The Morgan fingerprint density at radius 3 is 2.48 bits per heavy atom. The van der Waals surface area contributed by atoms with E-state index in [1.165, 1.54) is 0 Å². The second kappa shape index (κ2) is 6.92. The zero-order valence-electron chi connectivity index (χ0n) is 12.6. The molecule has 2 rings (SSSR count). The SMILES string of the molecule is C=CC(=NC1CC1)C(=C(C)N)C(NC)c1ccc(Cl)cc1. The Morgan fingerprint density at radius 1 is 1.43 bits per heavy atom. The van der Waals surface area contributed by atoms with Crippen molar-refractivity contribution >= 4 is 17.3 Å². The smallest absolute Gasteiger partial charge is 0.0640 e. The Labute approximate surface area is 131 Å². The maximum atomic E-state index is 6.14. The first-order chi connectivity index (χ1) is 10.1. The zero-order chi connectivity index (χ0) is 15.4. The first-order valence-electron chi connectivity index (χ1n) is 7.16. The van der Waals surface area contributed by atoms with Crippen molar-refractivity contribution in [3.8, 4) is 0 Å². The van der Waals surface area contributed by atoms with Crippen LogP contribution in [0.2, 0.25) is 5.02 Å². The molecular weight excluding hydrogens is 282 g/mol. The van der Waals surface area contributed by atoms with Gasteiger partial charge in [0, 0.05) is 16.3 Å². The van der Waals surface area contributed by atoms with Gasteiger partial charge in [-0.25, -0.2) is 0 Å². The van der Waals surface area contributed by atoms with Crippen molar-refractivity contribution in [3.63, 3.8) is 0 Å². The fraction of sp³-hybridized carbons (Fsp3) is 0.353. The van der Waals surface area contributed by atoms with E-state index < -0.39 is 0 Å². The van der Waals surface area contributed by atoms with Crippen LogP contribution in [-0.4, -0.2) is 18.8 Å². The highest BCUT2D eigenvalue weighted by molar-refractivity contribution is 6.30. The van der Waals surface area contributed by atoms with Gasteiger partial charge in [-0.05, 0) is 50.6 Å². The van der Waals surface area contributed by atoms with Gasteiger partial charge < -0.3 is 11.1 Å². The highest BCUT2D eigenvalue weighted by Crippen LogP contribution is 2.29. The number of nitrogens with zero attached hydrogens (tertiary/aromatic N) is 1. The number of benzene rings is 1. The largest absolute Gasteiger partial charge is 0.402 e. The molecular formula is C17H22ClN3. The molecule has 0 aromatic heterocycles. The van der Waals surface area contributed by atoms with E-state index >= 15 is 0 Å². The highest BCUT2D eigenvalue weighted by atomic mass is 35.5. The molecule has 0 bridgehead atoms. The Kier molecular flexibility index (Phi) is 5.21. The molecule has 0 saturated heterocycles. The van der Waals surface area contributed by atoms with Gasteiger partial charge >= 0.3 is 0 Å². The molecule has 0 heterocycles. The average Bonchev–Trinajstić information content (AvgIpc) is 3.27. The first kappa shape index (κ1) is 15.8. The highest BCUT2D eigenvalue weighted by Gasteiger charge is 2.25. The summed E-state index contributed by atoms with van der Waals surface area (Å²) in [6.45, 7) is 5.80. The number of nitrogens with two attached hydrogens (primary N) is 1.